The maximum atomic E-state index is 12.2. The lowest BCUT2D eigenvalue weighted by atomic mass is 9.69. The van der Waals surface area contributed by atoms with Gasteiger partial charge >= 0.3 is 0 Å². The predicted molar refractivity (Wildman–Crippen MR) is 59.3 cm³/mol. The van der Waals surface area contributed by atoms with Crippen LogP contribution in [0.2, 0.25) is 0 Å². The van der Waals surface area contributed by atoms with Gasteiger partial charge in [0.2, 0.25) is 5.91 Å². The average molecular weight is 207 g/mol. The SMILES string of the molecule is CN1C(=O)C2CCCC2C2CCCCC21. The smallest absolute Gasteiger partial charge is 0.225 e. The number of likely N-dealkylation sites (tertiary alicyclic amines) is 1. The molecule has 3 rings (SSSR count). The second kappa shape index (κ2) is 3.50. The molecule has 2 heteroatoms. The van der Waals surface area contributed by atoms with Crippen molar-refractivity contribution in [3.8, 4) is 0 Å². The molecular formula is C13H21NO. The standard InChI is InChI=1S/C13H21NO/c1-14-12-8-3-2-5-10(12)9-6-4-7-11(9)13(14)15/h9-12H,2-8H2,1H3. The highest BCUT2D eigenvalue weighted by Gasteiger charge is 2.49. The van der Waals surface area contributed by atoms with Gasteiger partial charge in [0.15, 0.2) is 0 Å². The molecular weight excluding hydrogens is 186 g/mol. The van der Waals surface area contributed by atoms with E-state index in [1.54, 1.807) is 0 Å². The van der Waals surface area contributed by atoms with Gasteiger partial charge in [0, 0.05) is 19.0 Å². The molecule has 0 N–H and O–H groups in total. The van der Waals surface area contributed by atoms with Crippen LogP contribution < -0.4 is 0 Å². The molecule has 4 atom stereocenters. The zero-order valence-electron chi connectivity index (χ0n) is 9.61. The van der Waals surface area contributed by atoms with Crippen LogP contribution in [0.25, 0.3) is 0 Å². The van der Waals surface area contributed by atoms with Crippen molar-refractivity contribution in [3.05, 3.63) is 0 Å². The third-order valence-corrected chi connectivity index (χ3v) is 5.06. The molecule has 3 fully saturated rings. The molecule has 15 heavy (non-hydrogen) atoms. The molecule has 0 aromatic rings. The zero-order chi connectivity index (χ0) is 10.4. The molecule has 1 amide bonds. The molecule has 2 aliphatic carbocycles. The predicted octanol–water partition coefficient (Wildman–Crippen LogP) is 2.43. The average Bonchev–Trinajstić information content (AvgIpc) is 2.75. The number of hydrogen-bond acceptors (Lipinski definition) is 1. The van der Waals surface area contributed by atoms with E-state index in [0.717, 1.165) is 18.3 Å². The van der Waals surface area contributed by atoms with Crippen LogP contribution in [0.15, 0.2) is 0 Å². The lowest BCUT2D eigenvalue weighted by Crippen LogP contribution is -2.54. The van der Waals surface area contributed by atoms with Crippen molar-refractivity contribution in [2.45, 2.75) is 51.0 Å². The Bertz CT molecular complexity index is 274. The van der Waals surface area contributed by atoms with E-state index in [1.165, 1.54) is 38.5 Å². The Hall–Kier alpha value is -0.530. The van der Waals surface area contributed by atoms with E-state index in [1.807, 2.05) is 7.05 Å². The monoisotopic (exact) mass is 207 g/mol. The van der Waals surface area contributed by atoms with E-state index >= 15 is 0 Å². The van der Waals surface area contributed by atoms with Crippen molar-refractivity contribution >= 4 is 5.91 Å². The van der Waals surface area contributed by atoms with E-state index in [4.69, 9.17) is 0 Å². The summed E-state index contributed by atoms with van der Waals surface area (Å²) < 4.78 is 0. The van der Waals surface area contributed by atoms with Crippen LogP contribution in [0.3, 0.4) is 0 Å². The number of hydrogen-bond donors (Lipinski definition) is 0. The number of rotatable bonds is 0. The van der Waals surface area contributed by atoms with Crippen LogP contribution in [0.4, 0.5) is 0 Å². The summed E-state index contributed by atoms with van der Waals surface area (Å²) in [4.78, 5) is 14.3. The Balaban J connectivity index is 1.89. The van der Waals surface area contributed by atoms with Gasteiger partial charge in [-0.2, -0.15) is 0 Å². The van der Waals surface area contributed by atoms with Crippen LogP contribution in [0.5, 0.6) is 0 Å². The molecule has 3 aliphatic rings. The van der Waals surface area contributed by atoms with E-state index in [9.17, 15) is 4.79 Å². The van der Waals surface area contributed by atoms with Gasteiger partial charge in [0.05, 0.1) is 0 Å². The van der Waals surface area contributed by atoms with Gasteiger partial charge in [0.25, 0.3) is 0 Å². The molecule has 1 saturated heterocycles. The van der Waals surface area contributed by atoms with Crippen molar-refractivity contribution < 1.29 is 4.79 Å². The highest BCUT2D eigenvalue weighted by Crippen LogP contribution is 2.48. The second-order valence-electron chi connectivity index (χ2n) is 5.67. The van der Waals surface area contributed by atoms with Crippen molar-refractivity contribution in [2.24, 2.45) is 17.8 Å². The first-order chi connectivity index (χ1) is 7.29. The molecule has 0 bridgehead atoms. The summed E-state index contributed by atoms with van der Waals surface area (Å²) in [6.45, 7) is 0. The fraction of sp³-hybridized carbons (Fsp3) is 0.923. The van der Waals surface area contributed by atoms with E-state index in [-0.39, 0.29) is 0 Å². The quantitative estimate of drug-likeness (QED) is 0.597. The van der Waals surface area contributed by atoms with Crippen LogP contribution in [0, 0.1) is 17.8 Å². The lowest BCUT2D eigenvalue weighted by Gasteiger charge is -2.48. The van der Waals surface area contributed by atoms with Gasteiger partial charge in [-0.3, -0.25) is 4.79 Å². The van der Waals surface area contributed by atoms with Gasteiger partial charge in [-0.1, -0.05) is 19.3 Å². The van der Waals surface area contributed by atoms with E-state index in [0.29, 0.717) is 17.9 Å². The van der Waals surface area contributed by atoms with Gasteiger partial charge < -0.3 is 4.90 Å². The Morgan fingerprint density at radius 1 is 1.00 bits per heavy atom. The van der Waals surface area contributed by atoms with E-state index in [2.05, 4.69) is 4.90 Å². The number of piperidine rings is 1. The van der Waals surface area contributed by atoms with Crippen molar-refractivity contribution in [1.29, 1.82) is 0 Å². The summed E-state index contributed by atoms with van der Waals surface area (Å²) in [6, 6.07) is 0.589. The number of amides is 1. The minimum Gasteiger partial charge on any atom is -0.342 e. The molecule has 1 heterocycles. The molecule has 1 aliphatic heterocycles. The molecule has 84 valence electrons. The Labute approximate surface area is 92.0 Å². The lowest BCUT2D eigenvalue weighted by molar-refractivity contribution is -0.147. The van der Waals surface area contributed by atoms with Gasteiger partial charge in [-0.05, 0) is 37.5 Å². The number of fused-ring (bicyclic) bond motifs is 3. The molecule has 0 spiro atoms. The molecule has 2 nitrogen and oxygen atoms in total. The minimum absolute atomic E-state index is 0.398. The van der Waals surface area contributed by atoms with E-state index < -0.39 is 0 Å². The largest absolute Gasteiger partial charge is 0.342 e. The molecule has 2 saturated carbocycles. The second-order valence-corrected chi connectivity index (χ2v) is 5.67. The molecule has 0 radical (unpaired) electrons. The number of carbonyl (C=O) groups is 1. The number of nitrogens with zero attached hydrogens (tertiary/aromatic N) is 1. The van der Waals surface area contributed by atoms with Crippen molar-refractivity contribution in [1.82, 2.24) is 4.90 Å². The summed E-state index contributed by atoms with van der Waals surface area (Å²) in [5.41, 5.74) is 0. The fourth-order valence-electron chi connectivity index (χ4n) is 4.35. The molecule has 0 aromatic heterocycles. The Kier molecular flexibility index (Phi) is 2.26. The first-order valence-corrected chi connectivity index (χ1v) is 6.55. The van der Waals surface area contributed by atoms with Gasteiger partial charge in [0.1, 0.15) is 0 Å². The van der Waals surface area contributed by atoms with Crippen LogP contribution >= 0.6 is 0 Å². The summed E-state index contributed by atoms with van der Waals surface area (Å²) in [7, 11) is 2.04. The Morgan fingerprint density at radius 2 is 1.73 bits per heavy atom. The summed E-state index contributed by atoms with van der Waals surface area (Å²) >= 11 is 0. The van der Waals surface area contributed by atoms with Crippen molar-refractivity contribution in [2.75, 3.05) is 7.05 Å². The third-order valence-electron chi connectivity index (χ3n) is 5.06. The molecule has 4 unspecified atom stereocenters. The maximum absolute atomic E-state index is 12.2. The topological polar surface area (TPSA) is 20.3 Å². The highest BCUT2D eigenvalue weighted by molar-refractivity contribution is 5.80. The summed E-state index contributed by atoms with van der Waals surface area (Å²) in [5.74, 6) is 2.45. The van der Waals surface area contributed by atoms with Crippen LogP contribution in [-0.4, -0.2) is 23.9 Å². The van der Waals surface area contributed by atoms with Crippen molar-refractivity contribution in [3.63, 3.8) is 0 Å². The summed E-state index contributed by atoms with van der Waals surface area (Å²) in [5, 5.41) is 0. The van der Waals surface area contributed by atoms with Gasteiger partial charge in [-0.15, -0.1) is 0 Å². The summed E-state index contributed by atoms with van der Waals surface area (Å²) in [6.07, 6.45) is 9.14. The first kappa shape index (κ1) is 9.68. The first-order valence-electron chi connectivity index (χ1n) is 6.55. The minimum atomic E-state index is 0.398. The molecule has 0 aromatic carbocycles. The highest BCUT2D eigenvalue weighted by atomic mass is 16.2. The third kappa shape index (κ3) is 1.33. The number of carbonyl (C=O) groups excluding carboxylic acids is 1. The van der Waals surface area contributed by atoms with Gasteiger partial charge in [-0.25, -0.2) is 0 Å². The maximum Gasteiger partial charge on any atom is 0.225 e. The fourth-order valence-corrected chi connectivity index (χ4v) is 4.35. The van der Waals surface area contributed by atoms with Crippen LogP contribution in [-0.2, 0) is 4.79 Å². The normalized spacial score (nSPS) is 45.1. The zero-order valence-corrected chi connectivity index (χ0v) is 9.61. The Morgan fingerprint density at radius 3 is 2.60 bits per heavy atom. The van der Waals surface area contributed by atoms with Crippen LogP contribution in [0.1, 0.15) is 44.9 Å².